The van der Waals surface area contributed by atoms with Gasteiger partial charge >= 0.3 is 6.09 Å². The molecule has 82 valence electrons. The fourth-order valence-corrected chi connectivity index (χ4v) is 1.66. The second-order valence-electron chi connectivity index (χ2n) is 4.15. The van der Waals surface area contributed by atoms with Gasteiger partial charge in [0.1, 0.15) is 0 Å². The van der Waals surface area contributed by atoms with E-state index in [1.807, 2.05) is 20.8 Å². The van der Waals surface area contributed by atoms with E-state index in [1.165, 1.54) is 11.1 Å². The predicted octanol–water partition coefficient (Wildman–Crippen LogP) is 3.13. The van der Waals surface area contributed by atoms with Gasteiger partial charge < -0.3 is 5.11 Å². The Labute approximate surface area is 97.1 Å². The number of nitrogens with zero attached hydrogens (tertiary/aromatic N) is 2. The van der Waals surface area contributed by atoms with Crippen LogP contribution in [0.3, 0.4) is 0 Å². The number of pyridine rings is 1. The molecule has 0 aliphatic carbocycles. The molecular weight excluding hydrogens is 260 g/mol. The Morgan fingerprint density at radius 3 is 2.47 bits per heavy atom. The van der Waals surface area contributed by atoms with E-state index in [9.17, 15) is 4.79 Å². The highest BCUT2D eigenvalue weighted by Gasteiger charge is 2.27. The number of carbonyl (C=O) groups is 1. The lowest BCUT2D eigenvalue weighted by Crippen LogP contribution is -2.45. The van der Waals surface area contributed by atoms with Gasteiger partial charge in [0.05, 0.1) is 11.9 Å². The smallest absolute Gasteiger partial charge is 0.412 e. The molecule has 0 atom stereocenters. The molecule has 0 aliphatic rings. The van der Waals surface area contributed by atoms with Crippen molar-refractivity contribution in [3.05, 3.63) is 22.9 Å². The number of rotatable bonds is 1. The van der Waals surface area contributed by atoms with Gasteiger partial charge in [-0.05, 0) is 42.8 Å². The molecular formula is C10H13BrN2O2. The first-order chi connectivity index (χ1) is 6.82. The van der Waals surface area contributed by atoms with E-state index in [1.54, 1.807) is 12.3 Å². The summed E-state index contributed by atoms with van der Waals surface area (Å²) in [5, 5.41) is 9.14. The normalized spacial score (nSPS) is 11.2. The van der Waals surface area contributed by atoms with E-state index in [0.29, 0.717) is 5.69 Å². The van der Waals surface area contributed by atoms with Gasteiger partial charge in [0.2, 0.25) is 0 Å². The minimum absolute atomic E-state index is 0.492. The minimum Gasteiger partial charge on any atom is -0.465 e. The number of amides is 1. The number of halogens is 1. The molecule has 0 aromatic carbocycles. The molecule has 1 N–H and O–H groups in total. The number of anilines is 1. The molecule has 0 radical (unpaired) electrons. The molecule has 4 nitrogen and oxygen atoms in total. The molecule has 5 heteroatoms. The Morgan fingerprint density at radius 2 is 2.07 bits per heavy atom. The van der Waals surface area contributed by atoms with E-state index in [-0.39, 0.29) is 0 Å². The molecule has 1 aromatic rings. The third-order valence-corrected chi connectivity index (χ3v) is 2.24. The third-order valence-electron chi connectivity index (χ3n) is 1.81. The van der Waals surface area contributed by atoms with Gasteiger partial charge in [0.15, 0.2) is 0 Å². The Balaban J connectivity index is 3.16. The minimum atomic E-state index is -0.984. The third kappa shape index (κ3) is 2.92. The number of hydrogen-bond acceptors (Lipinski definition) is 2. The summed E-state index contributed by atoms with van der Waals surface area (Å²) in [5.41, 5.74) is 0.0678. The zero-order valence-corrected chi connectivity index (χ0v) is 10.4. The van der Waals surface area contributed by atoms with Crippen LogP contribution in [0.4, 0.5) is 10.5 Å². The van der Waals surface area contributed by atoms with Crippen LogP contribution in [-0.2, 0) is 0 Å². The first-order valence-electron chi connectivity index (χ1n) is 4.46. The van der Waals surface area contributed by atoms with Gasteiger partial charge in [-0.25, -0.2) is 4.79 Å². The van der Waals surface area contributed by atoms with Gasteiger partial charge in [-0.2, -0.15) is 0 Å². The Hall–Kier alpha value is -1.10. The van der Waals surface area contributed by atoms with Crippen LogP contribution < -0.4 is 4.90 Å². The van der Waals surface area contributed by atoms with Crippen molar-refractivity contribution < 1.29 is 9.90 Å². The van der Waals surface area contributed by atoms with Crippen LogP contribution in [0.1, 0.15) is 20.8 Å². The predicted molar refractivity (Wildman–Crippen MR) is 62.2 cm³/mol. The van der Waals surface area contributed by atoms with E-state index in [0.717, 1.165) is 4.47 Å². The summed E-state index contributed by atoms with van der Waals surface area (Å²) in [6.07, 6.45) is 2.17. The average molecular weight is 273 g/mol. The molecule has 0 unspecified atom stereocenters. The second-order valence-corrected chi connectivity index (χ2v) is 5.07. The molecule has 0 aliphatic heterocycles. The first-order valence-corrected chi connectivity index (χ1v) is 5.25. The van der Waals surface area contributed by atoms with Crippen molar-refractivity contribution in [2.24, 2.45) is 0 Å². The van der Waals surface area contributed by atoms with Gasteiger partial charge in [-0.1, -0.05) is 0 Å². The fraction of sp³-hybridized carbons (Fsp3) is 0.400. The van der Waals surface area contributed by atoms with Crippen molar-refractivity contribution in [2.45, 2.75) is 26.3 Å². The van der Waals surface area contributed by atoms with Crippen molar-refractivity contribution in [3.8, 4) is 0 Å². The first kappa shape index (κ1) is 12.0. The van der Waals surface area contributed by atoms with E-state index < -0.39 is 11.6 Å². The summed E-state index contributed by atoms with van der Waals surface area (Å²) in [6.45, 7) is 5.51. The molecule has 1 heterocycles. The van der Waals surface area contributed by atoms with Crippen molar-refractivity contribution in [1.82, 2.24) is 4.98 Å². The highest BCUT2D eigenvalue weighted by atomic mass is 79.9. The standard InChI is InChI=1S/C10H13BrN2O2/c1-10(2,3)13(9(14)15)8-4-7(11)5-12-6-8/h4-6H,1-3H3,(H,14,15). The summed E-state index contributed by atoms with van der Waals surface area (Å²) >= 11 is 3.26. The average Bonchev–Trinajstić information content (AvgIpc) is 1.99. The quantitative estimate of drug-likeness (QED) is 0.855. The van der Waals surface area contributed by atoms with Gasteiger partial charge in [0.25, 0.3) is 0 Å². The molecule has 1 aromatic heterocycles. The molecule has 0 saturated carbocycles. The van der Waals surface area contributed by atoms with Gasteiger partial charge in [-0.3, -0.25) is 9.88 Å². The van der Waals surface area contributed by atoms with E-state index in [2.05, 4.69) is 20.9 Å². The van der Waals surface area contributed by atoms with E-state index in [4.69, 9.17) is 5.11 Å². The SMILES string of the molecule is CC(C)(C)N(C(=O)O)c1cncc(Br)c1. The Kier molecular flexibility index (Phi) is 3.34. The lowest BCUT2D eigenvalue weighted by molar-refractivity contribution is 0.195. The summed E-state index contributed by atoms with van der Waals surface area (Å²) in [5.74, 6) is 0. The number of carboxylic acid groups (broad SMARTS) is 1. The van der Waals surface area contributed by atoms with Crippen LogP contribution in [0.25, 0.3) is 0 Å². The van der Waals surface area contributed by atoms with Crippen LogP contribution in [0.15, 0.2) is 22.9 Å². The summed E-state index contributed by atoms with van der Waals surface area (Å²) in [4.78, 5) is 16.4. The van der Waals surface area contributed by atoms with Crippen LogP contribution in [0.5, 0.6) is 0 Å². The maximum Gasteiger partial charge on any atom is 0.412 e. The molecule has 1 amide bonds. The van der Waals surface area contributed by atoms with Crippen LogP contribution in [0.2, 0.25) is 0 Å². The molecule has 15 heavy (non-hydrogen) atoms. The summed E-state index contributed by atoms with van der Waals surface area (Å²) in [7, 11) is 0. The zero-order chi connectivity index (χ0) is 11.6. The molecule has 0 saturated heterocycles. The van der Waals surface area contributed by atoms with Gasteiger partial charge in [0, 0.05) is 16.2 Å². The van der Waals surface area contributed by atoms with Crippen molar-refractivity contribution in [1.29, 1.82) is 0 Å². The number of aromatic nitrogens is 1. The second kappa shape index (κ2) is 4.18. The Bertz CT molecular complexity index is 374. The van der Waals surface area contributed by atoms with Crippen molar-refractivity contribution >= 4 is 27.7 Å². The highest BCUT2D eigenvalue weighted by molar-refractivity contribution is 9.10. The summed E-state index contributed by atoms with van der Waals surface area (Å²) < 4.78 is 0.760. The Morgan fingerprint density at radius 1 is 1.47 bits per heavy atom. The van der Waals surface area contributed by atoms with E-state index >= 15 is 0 Å². The zero-order valence-electron chi connectivity index (χ0n) is 8.86. The lowest BCUT2D eigenvalue weighted by atomic mass is 10.1. The lowest BCUT2D eigenvalue weighted by Gasteiger charge is -2.32. The van der Waals surface area contributed by atoms with Crippen LogP contribution >= 0.6 is 15.9 Å². The highest BCUT2D eigenvalue weighted by Crippen LogP contribution is 2.25. The monoisotopic (exact) mass is 272 g/mol. The molecule has 1 rings (SSSR count). The molecule has 0 spiro atoms. The fourth-order valence-electron chi connectivity index (χ4n) is 1.31. The number of hydrogen-bond donors (Lipinski definition) is 1. The summed E-state index contributed by atoms with van der Waals surface area (Å²) in [6, 6.07) is 1.73. The topological polar surface area (TPSA) is 53.4 Å². The van der Waals surface area contributed by atoms with Gasteiger partial charge in [-0.15, -0.1) is 0 Å². The molecule has 0 fully saturated rings. The van der Waals surface area contributed by atoms with Crippen molar-refractivity contribution in [3.63, 3.8) is 0 Å². The van der Waals surface area contributed by atoms with Crippen LogP contribution in [0, 0.1) is 0 Å². The largest absolute Gasteiger partial charge is 0.465 e. The van der Waals surface area contributed by atoms with Crippen LogP contribution in [-0.4, -0.2) is 21.7 Å². The maximum absolute atomic E-state index is 11.1. The molecule has 0 bridgehead atoms. The maximum atomic E-state index is 11.1. The van der Waals surface area contributed by atoms with Crippen molar-refractivity contribution in [2.75, 3.05) is 4.90 Å².